The second-order valence-electron chi connectivity index (χ2n) is 2.80. The highest BCUT2D eigenvalue weighted by atomic mass is 16.3. The first-order valence-corrected chi connectivity index (χ1v) is 4.03. The molecule has 0 aliphatic carbocycles. The molecule has 4 nitrogen and oxygen atoms in total. The fraction of sp³-hybridized carbons (Fsp3) is 0.333. The lowest BCUT2D eigenvalue weighted by atomic mass is 10.0. The third-order valence-electron chi connectivity index (χ3n) is 1.83. The van der Waals surface area contributed by atoms with Gasteiger partial charge in [0.15, 0.2) is 0 Å². The van der Waals surface area contributed by atoms with Crippen LogP contribution in [0.1, 0.15) is 18.6 Å². The molecule has 4 heteroatoms. The van der Waals surface area contributed by atoms with E-state index in [4.69, 9.17) is 5.53 Å². The molecule has 0 radical (unpaired) electrons. The van der Waals surface area contributed by atoms with Gasteiger partial charge in [0.05, 0.1) is 12.1 Å². The Hall–Kier alpha value is -1.51. The molecule has 2 atom stereocenters. The standard InChI is InChI=1S/C9H11N3O/c1-7(11-12-10)9(13)8-5-3-2-4-6-8/h2-7,9,13H,1H3/t7?,9-/m0/s1. The number of rotatable bonds is 3. The van der Waals surface area contributed by atoms with Crippen LogP contribution in [0.4, 0.5) is 0 Å². The highest BCUT2D eigenvalue weighted by molar-refractivity contribution is 5.18. The van der Waals surface area contributed by atoms with Crippen molar-refractivity contribution in [1.82, 2.24) is 0 Å². The van der Waals surface area contributed by atoms with Crippen LogP contribution in [0, 0.1) is 0 Å². The highest BCUT2D eigenvalue weighted by Crippen LogP contribution is 2.18. The van der Waals surface area contributed by atoms with Crippen molar-refractivity contribution in [3.63, 3.8) is 0 Å². The van der Waals surface area contributed by atoms with Gasteiger partial charge in [-0.15, -0.1) is 0 Å². The SMILES string of the molecule is CC(N=[N+]=[N-])[C@H](O)c1ccccc1. The average Bonchev–Trinajstić information content (AvgIpc) is 2.18. The Bertz CT molecular complexity index is 306. The molecule has 1 N–H and O–H groups in total. The third kappa shape index (κ3) is 2.47. The maximum absolute atomic E-state index is 9.66. The van der Waals surface area contributed by atoms with Crippen molar-refractivity contribution >= 4 is 0 Å². The minimum Gasteiger partial charge on any atom is -0.388 e. The lowest BCUT2D eigenvalue weighted by molar-refractivity contribution is 0.153. The van der Waals surface area contributed by atoms with Crippen LogP contribution in [0.3, 0.4) is 0 Å². The van der Waals surface area contributed by atoms with Crippen LogP contribution in [0.2, 0.25) is 0 Å². The van der Waals surface area contributed by atoms with Gasteiger partial charge in [-0.25, -0.2) is 0 Å². The van der Waals surface area contributed by atoms with Crippen LogP contribution in [-0.4, -0.2) is 11.1 Å². The molecule has 0 spiro atoms. The van der Waals surface area contributed by atoms with E-state index in [0.717, 1.165) is 5.56 Å². The van der Waals surface area contributed by atoms with E-state index in [1.807, 2.05) is 18.2 Å². The summed E-state index contributed by atoms with van der Waals surface area (Å²) in [5.41, 5.74) is 8.95. The minimum atomic E-state index is -0.725. The zero-order valence-electron chi connectivity index (χ0n) is 7.33. The number of benzene rings is 1. The zero-order chi connectivity index (χ0) is 9.68. The van der Waals surface area contributed by atoms with Crippen LogP contribution in [-0.2, 0) is 0 Å². The number of hydrogen-bond donors (Lipinski definition) is 1. The van der Waals surface area contributed by atoms with E-state index in [9.17, 15) is 5.11 Å². The van der Waals surface area contributed by atoms with Crippen LogP contribution in [0.5, 0.6) is 0 Å². The van der Waals surface area contributed by atoms with Gasteiger partial charge in [0, 0.05) is 4.91 Å². The predicted molar refractivity (Wildman–Crippen MR) is 50.0 cm³/mol. The molecule has 13 heavy (non-hydrogen) atoms. The predicted octanol–water partition coefficient (Wildman–Crippen LogP) is 2.42. The summed E-state index contributed by atoms with van der Waals surface area (Å²) < 4.78 is 0. The maximum atomic E-state index is 9.66. The third-order valence-corrected chi connectivity index (χ3v) is 1.83. The molecule has 68 valence electrons. The monoisotopic (exact) mass is 177 g/mol. The van der Waals surface area contributed by atoms with Crippen molar-refractivity contribution in [2.24, 2.45) is 5.11 Å². The Morgan fingerprint density at radius 1 is 1.38 bits per heavy atom. The molecule has 1 aromatic rings. The minimum absolute atomic E-state index is 0.438. The van der Waals surface area contributed by atoms with Crippen LogP contribution in [0.15, 0.2) is 35.4 Å². The first-order valence-electron chi connectivity index (χ1n) is 4.03. The molecular weight excluding hydrogens is 166 g/mol. The normalized spacial score (nSPS) is 14.3. The molecule has 0 bridgehead atoms. The van der Waals surface area contributed by atoms with Crippen molar-refractivity contribution in [3.8, 4) is 0 Å². The number of hydrogen-bond acceptors (Lipinski definition) is 2. The van der Waals surface area contributed by atoms with Crippen molar-refractivity contribution in [2.75, 3.05) is 0 Å². The molecule has 0 heterocycles. The van der Waals surface area contributed by atoms with E-state index in [2.05, 4.69) is 10.0 Å². The molecule has 1 rings (SSSR count). The first-order chi connectivity index (χ1) is 6.25. The second-order valence-corrected chi connectivity index (χ2v) is 2.80. The quantitative estimate of drug-likeness (QED) is 0.430. The fourth-order valence-electron chi connectivity index (χ4n) is 1.07. The van der Waals surface area contributed by atoms with Gasteiger partial charge < -0.3 is 5.11 Å². The molecule has 0 saturated carbocycles. The maximum Gasteiger partial charge on any atom is 0.0872 e. The number of nitrogens with zero attached hydrogens (tertiary/aromatic N) is 3. The van der Waals surface area contributed by atoms with Crippen molar-refractivity contribution < 1.29 is 5.11 Å². The number of aliphatic hydroxyl groups excluding tert-OH is 1. The first kappa shape index (κ1) is 9.58. The molecule has 0 aromatic heterocycles. The van der Waals surface area contributed by atoms with E-state index in [1.165, 1.54) is 0 Å². The Labute approximate surface area is 76.5 Å². The summed E-state index contributed by atoms with van der Waals surface area (Å²) in [5, 5.41) is 13.1. The lowest BCUT2D eigenvalue weighted by Gasteiger charge is -2.13. The van der Waals surface area contributed by atoms with E-state index in [0.29, 0.717) is 0 Å². The highest BCUT2D eigenvalue weighted by Gasteiger charge is 2.13. The molecule has 0 fully saturated rings. The summed E-state index contributed by atoms with van der Waals surface area (Å²) in [6.07, 6.45) is -0.725. The Kier molecular flexibility index (Phi) is 3.31. The lowest BCUT2D eigenvalue weighted by Crippen LogP contribution is -2.11. The smallest absolute Gasteiger partial charge is 0.0872 e. The molecule has 0 amide bonds. The van der Waals surface area contributed by atoms with Crippen molar-refractivity contribution in [3.05, 3.63) is 46.3 Å². The summed E-state index contributed by atoms with van der Waals surface area (Å²) >= 11 is 0. The Balaban J connectivity index is 2.79. The van der Waals surface area contributed by atoms with Gasteiger partial charge in [-0.05, 0) is 11.1 Å². The van der Waals surface area contributed by atoms with E-state index >= 15 is 0 Å². The number of aliphatic hydroxyl groups is 1. The number of azide groups is 1. The Morgan fingerprint density at radius 3 is 2.54 bits per heavy atom. The van der Waals surface area contributed by atoms with Gasteiger partial charge in [0.1, 0.15) is 0 Å². The summed E-state index contributed by atoms with van der Waals surface area (Å²) in [4.78, 5) is 2.65. The molecule has 1 aromatic carbocycles. The van der Waals surface area contributed by atoms with E-state index < -0.39 is 12.1 Å². The molecule has 0 saturated heterocycles. The Morgan fingerprint density at radius 2 is 2.00 bits per heavy atom. The van der Waals surface area contributed by atoms with Gasteiger partial charge in [-0.3, -0.25) is 0 Å². The van der Waals surface area contributed by atoms with E-state index in [1.54, 1.807) is 19.1 Å². The summed E-state index contributed by atoms with van der Waals surface area (Å²) in [6, 6.07) is 8.70. The van der Waals surface area contributed by atoms with Crippen LogP contribution in [0.25, 0.3) is 10.4 Å². The second kappa shape index (κ2) is 4.50. The van der Waals surface area contributed by atoms with Gasteiger partial charge in [-0.1, -0.05) is 42.4 Å². The largest absolute Gasteiger partial charge is 0.388 e. The zero-order valence-corrected chi connectivity index (χ0v) is 7.33. The average molecular weight is 177 g/mol. The molecule has 0 aliphatic rings. The van der Waals surface area contributed by atoms with Crippen LogP contribution >= 0.6 is 0 Å². The van der Waals surface area contributed by atoms with Gasteiger partial charge in [0.25, 0.3) is 0 Å². The summed E-state index contributed by atoms with van der Waals surface area (Å²) in [5.74, 6) is 0. The van der Waals surface area contributed by atoms with Crippen molar-refractivity contribution in [2.45, 2.75) is 19.1 Å². The van der Waals surface area contributed by atoms with Gasteiger partial charge >= 0.3 is 0 Å². The summed E-state index contributed by atoms with van der Waals surface area (Å²) in [6.45, 7) is 1.68. The van der Waals surface area contributed by atoms with Crippen LogP contribution < -0.4 is 0 Å². The van der Waals surface area contributed by atoms with E-state index in [-0.39, 0.29) is 0 Å². The van der Waals surface area contributed by atoms with Gasteiger partial charge in [-0.2, -0.15) is 0 Å². The topological polar surface area (TPSA) is 69.0 Å². The fourth-order valence-corrected chi connectivity index (χ4v) is 1.07. The van der Waals surface area contributed by atoms with Gasteiger partial charge in [0.2, 0.25) is 0 Å². The summed E-state index contributed by atoms with van der Waals surface area (Å²) in [7, 11) is 0. The van der Waals surface area contributed by atoms with Crippen molar-refractivity contribution in [1.29, 1.82) is 0 Å². The molecule has 0 aliphatic heterocycles. The molecular formula is C9H11N3O. The molecule has 1 unspecified atom stereocenters.